The molecule has 3 heteroatoms. The van der Waals surface area contributed by atoms with Crippen molar-refractivity contribution in [3.8, 4) is 22.3 Å². The van der Waals surface area contributed by atoms with E-state index < -0.39 is 0 Å². The third-order valence-corrected chi connectivity index (χ3v) is 14.6. The van der Waals surface area contributed by atoms with Gasteiger partial charge in [-0.1, -0.05) is 141 Å². The van der Waals surface area contributed by atoms with Gasteiger partial charge in [-0.3, -0.25) is 0 Å². The SMILES string of the molecule is CC1(C)c2cc(N(c3ccc(-c4ccccc4)cc3)c3ccc(C45C=CC=C(C4)c4ccccc4S5)cc3)ccc2-c2c1ccc1c2sc2ccccc21. The fraction of sp³-hybridized carbons (Fsp3) is 0.0980. The summed E-state index contributed by atoms with van der Waals surface area (Å²) in [6.45, 7) is 4.79. The molecule has 1 aromatic heterocycles. The first-order valence-electron chi connectivity index (χ1n) is 18.8. The summed E-state index contributed by atoms with van der Waals surface area (Å²) in [6.07, 6.45) is 7.96. The van der Waals surface area contributed by atoms with Gasteiger partial charge in [0.05, 0.1) is 4.75 Å². The molecule has 0 fully saturated rings. The van der Waals surface area contributed by atoms with Crippen molar-refractivity contribution in [2.45, 2.75) is 35.3 Å². The molecule has 0 saturated carbocycles. The molecule has 0 spiro atoms. The highest BCUT2D eigenvalue weighted by atomic mass is 32.2. The quantitative estimate of drug-likeness (QED) is 0.174. The monoisotopic (exact) mass is 727 g/mol. The number of benzene rings is 7. The standard InChI is InChI=1S/C51H37NS2/c1-50(2)44-29-28-42-41-15-7-8-16-46(41)53-49(42)48(44)43-27-26-39(31-45(43)50)52(37-22-18-34(19-23-37)33-11-4-3-5-12-33)38-24-20-36(21-25-38)51-30-10-13-35(32-51)40-14-6-9-17-47(40)54-51/h3-31H,32H2,1-2H3. The Kier molecular flexibility index (Phi) is 7.05. The van der Waals surface area contributed by atoms with E-state index in [1.165, 1.54) is 80.8 Å². The second-order valence-corrected chi connectivity index (χ2v) is 17.8. The van der Waals surface area contributed by atoms with Gasteiger partial charge in [0.15, 0.2) is 0 Å². The van der Waals surface area contributed by atoms with Crippen molar-refractivity contribution in [3.05, 3.63) is 198 Å². The molecule has 2 bridgehead atoms. The van der Waals surface area contributed by atoms with E-state index in [1.807, 2.05) is 23.1 Å². The zero-order valence-corrected chi connectivity index (χ0v) is 31.8. The molecule has 1 nitrogen and oxygen atoms in total. The molecule has 8 aromatic rings. The molecule has 2 heterocycles. The Labute approximate surface area is 324 Å². The molecule has 11 rings (SSSR count). The fourth-order valence-electron chi connectivity index (χ4n) is 9.15. The van der Waals surface area contributed by atoms with Crippen LogP contribution in [0.1, 0.15) is 42.5 Å². The third kappa shape index (κ3) is 4.78. The first-order valence-corrected chi connectivity index (χ1v) is 20.4. The minimum absolute atomic E-state index is 0.111. The van der Waals surface area contributed by atoms with Crippen LogP contribution in [0.5, 0.6) is 0 Å². The van der Waals surface area contributed by atoms with Crippen LogP contribution in [0.3, 0.4) is 0 Å². The Bertz CT molecular complexity index is 2840. The van der Waals surface area contributed by atoms with Crippen LogP contribution in [-0.4, -0.2) is 0 Å². The van der Waals surface area contributed by atoms with E-state index in [2.05, 4.69) is 195 Å². The maximum Gasteiger partial charge on any atom is 0.0678 e. The first-order chi connectivity index (χ1) is 26.5. The van der Waals surface area contributed by atoms with Gasteiger partial charge >= 0.3 is 0 Å². The van der Waals surface area contributed by atoms with Crippen LogP contribution in [0.2, 0.25) is 0 Å². The molecule has 3 aliphatic rings. The van der Waals surface area contributed by atoms with E-state index in [-0.39, 0.29) is 10.2 Å². The molecule has 0 saturated heterocycles. The van der Waals surface area contributed by atoms with Gasteiger partial charge in [-0.25, -0.2) is 0 Å². The molecule has 2 aliphatic carbocycles. The third-order valence-electron chi connectivity index (χ3n) is 11.9. The van der Waals surface area contributed by atoms with Crippen molar-refractivity contribution in [2.75, 3.05) is 4.90 Å². The molecule has 1 aliphatic heterocycles. The van der Waals surface area contributed by atoms with Crippen LogP contribution < -0.4 is 4.90 Å². The zero-order chi connectivity index (χ0) is 36.0. The smallest absolute Gasteiger partial charge is 0.0678 e. The Hall–Kier alpha value is -5.61. The Morgan fingerprint density at radius 1 is 0.574 bits per heavy atom. The molecular formula is C51H37NS2. The van der Waals surface area contributed by atoms with Crippen molar-refractivity contribution in [3.63, 3.8) is 0 Å². The van der Waals surface area contributed by atoms with Crippen LogP contribution in [0.15, 0.2) is 181 Å². The van der Waals surface area contributed by atoms with E-state index >= 15 is 0 Å². The van der Waals surface area contributed by atoms with Gasteiger partial charge in [-0.2, -0.15) is 0 Å². The lowest BCUT2D eigenvalue weighted by atomic mass is 9.82. The maximum absolute atomic E-state index is 2.46. The Morgan fingerprint density at radius 2 is 1.28 bits per heavy atom. The summed E-state index contributed by atoms with van der Waals surface area (Å²) in [7, 11) is 0. The van der Waals surface area contributed by atoms with Crippen molar-refractivity contribution < 1.29 is 0 Å². The molecule has 0 N–H and O–H groups in total. The molecule has 1 unspecified atom stereocenters. The number of anilines is 3. The highest BCUT2D eigenvalue weighted by Crippen LogP contribution is 2.57. The highest BCUT2D eigenvalue weighted by molar-refractivity contribution is 8.00. The summed E-state index contributed by atoms with van der Waals surface area (Å²) in [5, 5.41) is 2.71. The average Bonchev–Trinajstić information content (AvgIpc) is 3.71. The lowest BCUT2D eigenvalue weighted by Gasteiger charge is -2.39. The number of nitrogens with zero attached hydrogens (tertiary/aromatic N) is 1. The summed E-state index contributed by atoms with van der Waals surface area (Å²) in [5.74, 6) is 0. The number of thiophene rings is 1. The molecule has 54 heavy (non-hydrogen) atoms. The van der Waals surface area contributed by atoms with E-state index in [0.717, 1.165) is 17.8 Å². The highest BCUT2D eigenvalue weighted by Gasteiger charge is 2.40. The summed E-state index contributed by atoms with van der Waals surface area (Å²) >= 11 is 3.92. The van der Waals surface area contributed by atoms with Crippen LogP contribution in [-0.2, 0) is 10.2 Å². The minimum Gasteiger partial charge on any atom is -0.310 e. The lowest BCUT2D eigenvalue weighted by molar-refractivity contribution is 0.661. The zero-order valence-electron chi connectivity index (χ0n) is 30.2. The molecule has 0 amide bonds. The van der Waals surface area contributed by atoms with Crippen LogP contribution in [0, 0.1) is 0 Å². The van der Waals surface area contributed by atoms with Crippen molar-refractivity contribution in [1.29, 1.82) is 0 Å². The van der Waals surface area contributed by atoms with Crippen LogP contribution >= 0.6 is 23.1 Å². The van der Waals surface area contributed by atoms with E-state index in [9.17, 15) is 0 Å². The summed E-state index contributed by atoms with van der Waals surface area (Å²) < 4.78 is 2.64. The number of thioether (sulfide) groups is 1. The van der Waals surface area contributed by atoms with Gasteiger partial charge in [-0.05, 0) is 99.5 Å². The number of allylic oxidation sites excluding steroid dienone is 3. The summed E-state index contributed by atoms with van der Waals surface area (Å²) in [4.78, 5) is 3.80. The predicted molar refractivity (Wildman–Crippen MR) is 233 cm³/mol. The lowest BCUT2D eigenvalue weighted by Crippen LogP contribution is -2.25. The van der Waals surface area contributed by atoms with Crippen molar-refractivity contribution in [1.82, 2.24) is 0 Å². The van der Waals surface area contributed by atoms with Gasteiger partial charge in [0.25, 0.3) is 0 Å². The number of fused-ring (bicyclic) bond motifs is 11. The average molecular weight is 728 g/mol. The molecule has 1 atom stereocenters. The second kappa shape index (κ2) is 11.9. The number of rotatable bonds is 5. The number of hydrogen-bond acceptors (Lipinski definition) is 3. The first kappa shape index (κ1) is 31.9. The van der Waals surface area contributed by atoms with E-state index in [1.54, 1.807) is 0 Å². The second-order valence-electron chi connectivity index (χ2n) is 15.3. The fourth-order valence-corrected chi connectivity index (χ4v) is 11.9. The van der Waals surface area contributed by atoms with Crippen LogP contribution in [0.4, 0.5) is 17.1 Å². The summed E-state index contributed by atoms with van der Waals surface area (Å²) in [6, 6.07) is 58.7. The number of hydrogen-bond donors (Lipinski definition) is 0. The van der Waals surface area contributed by atoms with Crippen molar-refractivity contribution in [2.24, 2.45) is 0 Å². The van der Waals surface area contributed by atoms with Gasteiger partial charge in [0.1, 0.15) is 0 Å². The van der Waals surface area contributed by atoms with E-state index in [0.29, 0.717) is 0 Å². The van der Waals surface area contributed by atoms with Crippen LogP contribution in [0.25, 0.3) is 48.0 Å². The Balaban J connectivity index is 1.03. The van der Waals surface area contributed by atoms with Gasteiger partial charge in [0, 0.05) is 53.1 Å². The minimum atomic E-state index is -0.135. The molecule has 258 valence electrons. The van der Waals surface area contributed by atoms with Gasteiger partial charge < -0.3 is 4.90 Å². The molecule has 0 radical (unpaired) electrons. The Morgan fingerprint density at radius 3 is 2.11 bits per heavy atom. The van der Waals surface area contributed by atoms with Gasteiger partial charge in [0.2, 0.25) is 0 Å². The normalized spacial score (nSPS) is 17.6. The van der Waals surface area contributed by atoms with Gasteiger partial charge in [-0.15, -0.1) is 23.1 Å². The van der Waals surface area contributed by atoms with E-state index in [4.69, 9.17) is 0 Å². The topological polar surface area (TPSA) is 3.24 Å². The molecule has 7 aromatic carbocycles. The predicted octanol–water partition coefficient (Wildman–Crippen LogP) is 14.8. The molecular weight excluding hydrogens is 691 g/mol. The van der Waals surface area contributed by atoms with Crippen molar-refractivity contribution >= 4 is 65.9 Å². The largest absolute Gasteiger partial charge is 0.310 e. The summed E-state index contributed by atoms with van der Waals surface area (Å²) in [5.41, 5.74) is 15.5. The maximum atomic E-state index is 2.46.